The van der Waals surface area contributed by atoms with Gasteiger partial charge in [0, 0.05) is 31.1 Å². The second-order valence-electron chi connectivity index (χ2n) is 8.42. The fourth-order valence-electron chi connectivity index (χ4n) is 3.19. The summed E-state index contributed by atoms with van der Waals surface area (Å²) in [6, 6.07) is 17.1. The lowest BCUT2D eigenvalue weighted by Gasteiger charge is -2.20. The van der Waals surface area contributed by atoms with E-state index in [9.17, 15) is 4.79 Å². The van der Waals surface area contributed by atoms with Crippen molar-refractivity contribution in [3.05, 3.63) is 78.2 Å². The van der Waals surface area contributed by atoms with Crippen molar-refractivity contribution in [3.63, 3.8) is 0 Å². The van der Waals surface area contributed by atoms with Crippen LogP contribution in [0.2, 0.25) is 0 Å². The van der Waals surface area contributed by atoms with Crippen LogP contribution in [0, 0.1) is 0 Å². The van der Waals surface area contributed by atoms with Crippen LogP contribution in [0.5, 0.6) is 11.5 Å². The molecule has 0 unspecified atom stereocenters. The lowest BCUT2D eigenvalue weighted by atomic mass is 9.87. The van der Waals surface area contributed by atoms with E-state index in [1.54, 1.807) is 25.4 Å². The summed E-state index contributed by atoms with van der Waals surface area (Å²) in [4.78, 5) is 25.0. The molecule has 0 saturated heterocycles. The molecule has 0 fully saturated rings. The molecule has 0 radical (unpaired) electrons. The molecule has 4 rings (SSSR count). The summed E-state index contributed by atoms with van der Waals surface area (Å²) in [5.74, 6) is 1.51. The molecule has 4 aromatic rings. The zero-order valence-corrected chi connectivity index (χ0v) is 18.5. The molecule has 0 atom stereocenters. The van der Waals surface area contributed by atoms with Gasteiger partial charge in [-0.25, -0.2) is 4.98 Å². The number of anilines is 2. The summed E-state index contributed by atoms with van der Waals surface area (Å²) in [5, 5.41) is 5.88. The molecule has 0 aliphatic carbocycles. The second kappa shape index (κ2) is 8.63. The number of nitrogens with zero attached hydrogens (tertiary/aromatic N) is 3. The highest BCUT2D eigenvalue weighted by Gasteiger charge is 2.14. The largest absolute Gasteiger partial charge is 0.457 e. The molecule has 7 heteroatoms. The summed E-state index contributed by atoms with van der Waals surface area (Å²) >= 11 is 0. The van der Waals surface area contributed by atoms with E-state index in [0.717, 1.165) is 11.2 Å². The van der Waals surface area contributed by atoms with Crippen molar-refractivity contribution >= 4 is 28.4 Å². The molecule has 0 saturated carbocycles. The van der Waals surface area contributed by atoms with Crippen molar-refractivity contribution < 1.29 is 9.53 Å². The predicted octanol–water partition coefficient (Wildman–Crippen LogP) is 5.22. The Bertz CT molecular complexity index is 1280. The number of benzene rings is 2. The van der Waals surface area contributed by atoms with Crippen LogP contribution >= 0.6 is 0 Å². The van der Waals surface area contributed by atoms with Crippen LogP contribution in [0.3, 0.4) is 0 Å². The van der Waals surface area contributed by atoms with E-state index < -0.39 is 0 Å². The number of carbonyl (C=O) groups excluding carboxylic acids is 1. The zero-order chi connectivity index (χ0) is 22.7. The van der Waals surface area contributed by atoms with Crippen LogP contribution in [0.1, 0.15) is 36.8 Å². The van der Waals surface area contributed by atoms with Crippen molar-refractivity contribution in [1.82, 2.24) is 20.3 Å². The van der Waals surface area contributed by atoms with Crippen molar-refractivity contribution in [1.29, 1.82) is 0 Å². The standard InChI is InChI=1S/C25H25N5O2/c1-25(2,3)16-6-5-7-17(12-16)29-23-15-28-21-13-18(8-9-20(21)30-23)32-19-10-11-27-22(14-19)24(31)26-4/h5-15H,1-4H3,(H,26,31)(H,29,30). The molecule has 0 aliphatic heterocycles. The minimum Gasteiger partial charge on any atom is -0.457 e. The molecule has 0 spiro atoms. The molecule has 2 N–H and O–H groups in total. The molecule has 2 aromatic heterocycles. The Hall–Kier alpha value is -4.00. The van der Waals surface area contributed by atoms with Crippen LogP contribution in [0.4, 0.5) is 11.5 Å². The van der Waals surface area contributed by atoms with Gasteiger partial charge in [-0.1, -0.05) is 32.9 Å². The Morgan fingerprint density at radius 3 is 2.53 bits per heavy atom. The lowest BCUT2D eigenvalue weighted by Crippen LogP contribution is -2.18. The molecule has 0 aliphatic rings. The minimum atomic E-state index is -0.270. The average molecular weight is 428 g/mol. The van der Waals surface area contributed by atoms with Crippen molar-refractivity contribution in [2.45, 2.75) is 26.2 Å². The number of amides is 1. The predicted molar refractivity (Wildman–Crippen MR) is 126 cm³/mol. The van der Waals surface area contributed by atoms with Gasteiger partial charge in [-0.2, -0.15) is 0 Å². The van der Waals surface area contributed by atoms with E-state index in [4.69, 9.17) is 4.74 Å². The topological polar surface area (TPSA) is 89.0 Å². The molecule has 32 heavy (non-hydrogen) atoms. The van der Waals surface area contributed by atoms with Gasteiger partial charge in [-0.3, -0.25) is 14.8 Å². The third-order valence-electron chi connectivity index (χ3n) is 4.94. The zero-order valence-electron chi connectivity index (χ0n) is 18.5. The molecule has 162 valence electrons. The van der Waals surface area contributed by atoms with Gasteiger partial charge in [0.1, 0.15) is 23.0 Å². The second-order valence-corrected chi connectivity index (χ2v) is 8.42. The first-order valence-electron chi connectivity index (χ1n) is 10.3. The monoisotopic (exact) mass is 427 g/mol. The number of rotatable bonds is 5. The number of fused-ring (bicyclic) bond motifs is 1. The SMILES string of the molecule is CNC(=O)c1cc(Oc2ccc3nc(Nc4cccc(C(C)(C)C)c4)cnc3c2)ccn1. The molecule has 2 heterocycles. The van der Waals surface area contributed by atoms with Crippen molar-refractivity contribution in [2.24, 2.45) is 0 Å². The van der Waals surface area contributed by atoms with Crippen LogP contribution in [-0.4, -0.2) is 27.9 Å². The highest BCUT2D eigenvalue weighted by Crippen LogP contribution is 2.27. The summed E-state index contributed by atoms with van der Waals surface area (Å²) in [6.45, 7) is 6.56. The fourth-order valence-corrected chi connectivity index (χ4v) is 3.19. The summed E-state index contributed by atoms with van der Waals surface area (Å²) in [6.07, 6.45) is 3.24. The summed E-state index contributed by atoms with van der Waals surface area (Å²) in [5.41, 5.74) is 4.02. The van der Waals surface area contributed by atoms with E-state index in [0.29, 0.717) is 22.8 Å². The van der Waals surface area contributed by atoms with Crippen LogP contribution in [0.15, 0.2) is 67.0 Å². The number of hydrogen-bond acceptors (Lipinski definition) is 6. The summed E-state index contributed by atoms with van der Waals surface area (Å²) in [7, 11) is 1.56. The van der Waals surface area contributed by atoms with Gasteiger partial charge in [0.25, 0.3) is 5.91 Å². The molecule has 1 amide bonds. The van der Waals surface area contributed by atoms with Crippen molar-refractivity contribution in [2.75, 3.05) is 12.4 Å². The maximum atomic E-state index is 11.8. The van der Waals surface area contributed by atoms with Crippen LogP contribution in [0.25, 0.3) is 11.0 Å². The maximum absolute atomic E-state index is 11.8. The van der Waals surface area contributed by atoms with Crippen LogP contribution in [-0.2, 0) is 5.41 Å². The third-order valence-corrected chi connectivity index (χ3v) is 4.94. The number of nitrogens with one attached hydrogen (secondary N) is 2. The quantitative estimate of drug-likeness (QED) is 0.454. The van der Waals surface area contributed by atoms with Gasteiger partial charge < -0.3 is 15.4 Å². The Morgan fingerprint density at radius 2 is 1.75 bits per heavy atom. The molecule has 2 aromatic carbocycles. The Morgan fingerprint density at radius 1 is 0.938 bits per heavy atom. The van der Waals surface area contributed by atoms with Gasteiger partial charge in [0.15, 0.2) is 0 Å². The van der Waals surface area contributed by atoms with E-state index >= 15 is 0 Å². The minimum absolute atomic E-state index is 0.0685. The van der Waals surface area contributed by atoms with E-state index in [2.05, 4.69) is 58.5 Å². The average Bonchev–Trinajstić information content (AvgIpc) is 2.78. The number of ether oxygens (including phenoxy) is 1. The van der Waals surface area contributed by atoms with E-state index in [1.165, 1.54) is 11.8 Å². The van der Waals surface area contributed by atoms with Gasteiger partial charge in [0.2, 0.25) is 0 Å². The highest BCUT2D eigenvalue weighted by molar-refractivity contribution is 5.92. The first kappa shape index (κ1) is 21.2. The Labute approximate surface area is 186 Å². The van der Waals surface area contributed by atoms with Gasteiger partial charge in [0.05, 0.1) is 17.2 Å². The van der Waals surface area contributed by atoms with Gasteiger partial charge in [-0.05, 0) is 41.3 Å². The van der Waals surface area contributed by atoms with Gasteiger partial charge in [-0.15, -0.1) is 0 Å². The third kappa shape index (κ3) is 4.83. The Balaban J connectivity index is 1.53. The van der Waals surface area contributed by atoms with Crippen LogP contribution < -0.4 is 15.4 Å². The van der Waals surface area contributed by atoms with E-state index in [1.807, 2.05) is 30.3 Å². The molecular formula is C25H25N5O2. The molecule has 0 bridgehead atoms. The Kier molecular flexibility index (Phi) is 5.73. The number of aromatic nitrogens is 3. The first-order valence-corrected chi connectivity index (χ1v) is 10.3. The number of pyridine rings is 1. The van der Waals surface area contributed by atoms with Gasteiger partial charge >= 0.3 is 0 Å². The molecule has 7 nitrogen and oxygen atoms in total. The fraction of sp³-hybridized carbons (Fsp3) is 0.200. The molecular weight excluding hydrogens is 402 g/mol. The van der Waals surface area contributed by atoms with Crippen molar-refractivity contribution in [3.8, 4) is 11.5 Å². The number of carbonyl (C=O) groups is 1. The highest BCUT2D eigenvalue weighted by atomic mass is 16.5. The lowest BCUT2D eigenvalue weighted by molar-refractivity contribution is 0.0958. The first-order chi connectivity index (χ1) is 15.3. The number of hydrogen-bond donors (Lipinski definition) is 2. The maximum Gasteiger partial charge on any atom is 0.269 e. The summed E-state index contributed by atoms with van der Waals surface area (Å²) < 4.78 is 5.89. The normalized spacial score (nSPS) is 11.2. The van der Waals surface area contributed by atoms with E-state index in [-0.39, 0.29) is 17.0 Å². The smallest absolute Gasteiger partial charge is 0.269 e.